The van der Waals surface area contributed by atoms with Crippen molar-refractivity contribution in [3.05, 3.63) is 0 Å². The molecule has 2 bridgehead atoms. The first-order chi connectivity index (χ1) is 9.28. The van der Waals surface area contributed by atoms with Gasteiger partial charge >= 0.3 is 0 Å². The molecule has 4 heteroatoms. The summed E-state index contributed by atoms with van der Waals surface area (Å²) in [6.45, 7) is 9.95. The molecule has 0 radical (unpaired) electrons. The molecule has 2 unspecified atom stereocenters. The summed E-state index contributed by atoms with van der Waals surface area (Å²) in [5.41, 5.74) is 6.49. The van der Waals surface area contributed by atoms with Gasteiger partial charge in [0, 0.05) is 31.8 Å². The van der Waals surface area contributed by atoms with Crippen LogP contribution in [0.1, 0.15) is 32.6 Å². The van der Waals surface area contributed by atoms with Crippen LogP contribution in [0.5, 0.6) is 0 Å². The summed E-state index contributed by atoms with van der Waals surface area (Å²) < 4.78 is 5.85. The summed E-state index contributed by atoms with van der Waals surface area (Å²) in [6.07, 6.45) is 5.57. The van der Waals surface area contributed by atoms with E-state index >= 15 is 0 Å². The third-order valence-electron chi connectivity index (χ3n) is 5.66. The van der Waals surface area contributed by atoms with Crippen LogP contribution in [-0.2, 0) is 4.74 Å². The van der Waals surface area contributed by atoms with E-state index in [0.717, 1.165) is 32.2 Å². The number of rotatable bonds is 5. The van der Waals surface area contributed by atoms with E-state index < -0.39 is 0 Å². The van der Waals surface area contributed by atoms with E-state index in [1.165, 1.54) is 45.3 Å². The number of likely N-dealkylation sites (N-methyl/N-ethyl adjacent to an activating group) is 1. The number of fused-ring (bicyclic) bond motifs is 3. The predicted octanol–water partition coefficient (Wildman–Crippen LogP) is 0.910. The van der Waals surface area contributed by atoms with Crippen LogP contribution in [-0.4, -0.2) is 67.3 Å². The summed E-state index contributed by atoms with van der Waals surface area (Å²) in [7, 11) is 0. The van der Waals surface area contributed by atoms with E-state index in [2.05, 4.69) is 16.7 Å². The summed E-state index contributed by atoms with van der Waals surface area (Å²) >= 11 is 0. The molecule has 2 atom stereocenters. The maximum atomic E-state index is 6.27. The number of hydrogen-bond acceptors (Lipinski definition) is 4. The second kappa shape index (κ2) is 5.68. The van der Waals surface area contributed by atoms with Gasteiger partial charge in [-0.25, -0.2) is 0 Å². The molecular formula is C15H29N3O. The molecule has 4 aliphatic rings. The fraction of sp³-hybridized carbons (Fsp3) is 1.00. The normalized spacial score (nSPS) is 42.2. The van der Waals surface area contributed by atoms with Crippen LogP contribution >= 0.6 is 0 Å². The lowest BCUT2D eigenvalue weighted by Gasteiger charge is -2.58. The quantitative estimate of drug-likeness (QED) is 0.804. The maximum absolute atomic E-state index is 6.27. The zero-order valence-electron chi connectivity index (χ0n) is 12.3. The Labute approximate surface area is 117 Å². The predicted molar refractivity (Wildman–Crippen MR) is 77.2 cm³/mol. The molecule has 19 heavy (non-hydrogen) atoms. The number of nitrogens with two attached hydrogens (primary N) is 1. The summed E-state index contributed by atoms with van der Waals surface area (Å²) in [5, 5.41) is 0. The molecule has 0 aromatic rings. The lowest BCUT2D eigenvalue weighted by Crippen LogP contribution is -2.70. The number of nitrogens with zero attached hydrogens (tertiary/aromatic N) is 2. The molecule has 0 aromatic carbocycles. The summed E-state index contributed by atoms with van der Waals surface area (Å²) in [4.78, 5) is 5.27. The fourth-order valence-corrected chi connectivity index (χ4v) is 4.52. The highest BCUT2D eigenvalue weighted by Gasteiger charge is 2.49. The number of piperidine rings is 3. The Kier molecular flexibility index (Phi) is 4.13. The van der Waals surface area contributed by atoms with Gasteiger partial charge in [-0.1, -0.05) is 6.92 Å². The van der Waals surface area contributed by atoms with Gasteiger partial charge in [0.2, 0.25) is 0 Å². The van der Waals surface area contributed by atoms with Crippen molar-refractivity contribution >= 4 is 0 Å². The molecule has 110 valence electrons. The van der Waals surface area contributed by atoms with E-state index in [1.54, 1.807) is 0 Å². The molecule has 4 rings (SSSR count). The first kappa shape index (κ1) is 13.8. The van der Waals surface area contributed by atoms with Crippen molar-refractivity contribution in [3.8, 4) is 0 Å². The molecule has 4 heterocycles. The molecule has 0 spiro atoms. The van der Waals surface area contributed by atoms with Crippen molar-refractivity contribution < 1.29 is 4.74 Å². The maximum Gasteiger partial charge on any atom is 0.0703 e. The molecule has 2 N–H and O–H groups in total. The first-order valence-corrected chi connectivity index (χ1v) is 8.07. The SMILES string of the molecule is CCN(CC1CCCO1)C1(CN)CN2CCC1CC2. The zero-order valence-corrected chi connectivity index (χ0v) is 12.3. The average molecular weight is 267 g/mol. The molecule has 4 saturated heterocycles. The Morgan fingerprint density at radius 2 is 2.11 bits per heavy atom. The van der Waals surface area contributed by atoms with Crippen LogP contribution in [0.2, 0.25) is 0 Å². The van der Waals surface area contributed by atoms with Gasteiger partial charge in [-0.3, -0.25) is 4.90 Å². The first-order valence-electron chi connectivity index (χ1n) is 8.07. The molecular weight excluding hydrogens is 238 g/mol. The van der Waals surface area contributed by atoms with Crippen LogP contribution in [0.25, 0.3) is 0 Å². The molecule has 0 saturated carbocycles. The third-order valence-corrected chi connectivity index (χ3v) is 5.66. The van der Waals surface area contributed by atoms with E-state index in [9.17, 15) is 0 Å². The van der Waals surface area contributed by atoms with Gasteiger partial charge in [-0.2, -0.15) is 0 Å². The lowest BCUT2D eigenvalue weighted by atomic mass is 9.71. The van der Waals surface area contributed by atoms with Gasteiger partial charge in [0.1, 0.15) is 0 Å². The van der Waals surface area contributed by atoms with E-state index in [0.29, 0.717) is 6.10 Å². The van der Waals surface area contributed by atoms with E-state index in [-0.39, 0.29) is 5.54 Å². The summed E-state index contributed by atoms with van der Waals surface area (Å²) in [5.74, 6) is 0.795. The van der Waals surface area contributed by atoms with Crippen molar-refractivity contribution in [1.29, 1.82) is 0 Å². The van der Waals surface area contributed by atoms with Crippen LogP contribution in [0.4, 0.5) is 0 Å². The highest BCUT2D eigenvalue weighted by atomic mass is 16.5. The number of hydrogen-bond donors (Lipinski definition) is 1. The molecule has 4 aliphatic heterocycles. The van der Waals surface area contributed by atoms with Gasteiger partial charge in [-0.05, 0) is 51.2 Å². The molecule has 0 aromatic heterocycles. The zero-order chi connectivity index (χ0) is 13.3. The Balaban J connectivity index is 1.74. The van der Waals surface area contributed by atoms with Crippen LogP contribution in [0.3, 0.4) is 0 Å². The van der Waals surface area contributed by atoms with Gasteiger partial charge in [0.15, 0.2) is 0 Å². The monoisotopic (exact) mass is 267 g/mol. The van der Waals surface area contributed by atoms with Gasteiger partial charge in [0.05, 0.1) is 6.10 Å². The Morgan fingerprint density at radius 1 is 1.32 bits per heavy atom. The Morgan fingerprint density at radius 3 is 2.58 bits per heavy atom. The fourth-order valence-electron chi connectivity index (χ4n) is 4.52. The molecule has 0 aliphatic carbocycles. The van der Waals surface area contributed by atoms with Gasteiger partial charge in [-0.15, -0.1) is 0 Å². The standard InChI is InChI=1S/C15H29N3O/c1-2-18(10-14-4-3-9-19-14)15(11-16)12-17-7-5-13(15)6-8-17/h13-14H,2-12,16H2,1H3. The minimum absolute atomic E-state index is 0.219. The highest BCUT2D eigenvalue weighted by Crippen LogP contribution is 2.39. The highest BCUT2D eigenvalue weighted by molar-refractivity contribution is 5.06. The molecule has 0 amide bonds. The van der Waals surface area contributed by atoms with Crippen molar-refractivity contribution in [2.75, 3.05) is 45.9 Å². The van der Waals surface area contributed by atoms with Crippen LogP contribution in [0.15, 0.2) is 0 Å². The van der Waals surface area contributed by atoms with Gasteiger partial charge in [0.25, 0.3) is 0 Å². The van der Waals surface area contributed by atoms with Crippen molar-refractivity contribution in [1.82, 2.24) is 9.80 Å². The Hall–Kier alpha value is -0.160. The van der Waals surface area contributed by atoms with Crippen LogP contribution < -0.4 is 5.73 Å². The third kappa shape index (κ3) is 2.44. The largest absolute Gasteiger partial charge is 0.377 e. The van der Waals surface area contributed by atoms with Gasteiger partial charge < -0.3 is 15.4 Å². The Bertz CT molecular complexity index is 298. The van der Waals surface area contributed by atoms with Crippen LogP contribution in [0, 0.1) is 5.92 Å². The topological polar surface area (TPSA) is 41.7 Å². The number of ether oxygens (including phenoxy) is 1. The molecule has 4 fully saturated rings. The molecule has 4 nitrogen and oxygen atoms in total. The smallest absolute Gasteiger partial charge is 0.0703 e. The average Bonchev–Trinajstić information content (AvgIpc) is 2.98. The van der Waals surface area contributed by atoms with Crippen molar-refractivity contribution in [3.63, 3.8) is 0 Å². The van der Waals surface area contributed by atoms with E-state index in [1.807, 2.05) is 0 Å². The van der Waals surface area contributed by atoms with E-state index in [4.69, 9.17) is 10.5 Å². The second-order valence-corrected chi connectivity index (χ2v) is 6.53. The second-order valence-electron chi connectivity index (χ2n) is 6.53. The minimum atomic E-state index is 0.219. The minimum Gasteiger partial charge on any atom is -0.377 e. The van der Waals surface area contributed by atoms with Crippen molar-refractivity contribution in [2.24, 2.45) is 11.7 Å². The van der Waals surface area contributed by atoms with Crippen molar-refractivity contribution in [2.45, 2.75) is 44.2 Å². The summed E-state index contributed by atoms with van der Waals surface area (Å²) in [6, 6.07) is 0. The lowest BCUT2D eigenvalue weighted by molar-refractivity contribution is -0.0798.